The second-order valence-electron chi connectivity index (χ2n) is 3.89. The van der Waals surface area contributed by atoms with Gasteiger partial charge in [-0.25, -0.2) is 17.5 Å². The number of aromatic nitrogens is 2. The Morgan fingerprint density at radius 3 is 2.39 bits per heavy atom. The van der Waals surface area contributed by atoms with Crippen LogP contribution < -0.4 is 0 Å². The first-order valence-corrected chi connectivity index (χ1v) is 7.38. The molecule has 0 fully saturated rings. The van der Waals surface area contributed by atoms with Crippen molar-refractivity contribution < 1.29 is 12.8 Å². The van der Waals surface area contributed by atoms with Gasteiger partial charge in [0.05, 0.1) is 10.6 Å². The molecule has 96 valence electrons. The third kappa shape index (κ3) is 2.39. The van der Waals surface area contributed by atoms with Gasteiger partial charge in [-0.3, -0.25) is 0 Å². The van der Waals surface area contributed by atoms with Crippen molar-refractivity contribution >= 4 is 19.7 Å². The van der Waals surface area contributed by atoms with Gasteiger partial charge in [-0.15, -0.1) is 0 Å². The summed E-state index contributed by atoms with van der Waals surface area (Å²) in [5.41, 5.74) is 1.69. The van der Waals surface area contributed by atoms with Crippen molar-refractivity contribution in [1.29, 1.82) is 0 Å². The smallest absolute Gasteiger partial charge is 0.235 e. The van der Waals surface area contributed by atoms with Crippen LogP contribution in [0.1, 0.15) is 11.4 Å². The molecule has 18 heavy (non-hydrogen) atoms. The quantitative estimate of drug-likeness (QED) is 0.798. The van der Waals surface area contributed by atoms with Crippen molar-refractivity contribution in [1.82, 2.24) is 9.78 Å². The molecule has 0 atom stereocenters. The van der Waals surface area contributed by atoms with Crippen molar-refractivity contribution in [2.24, 2.45) is 0 Å². The predicted molar refractivity (Wildman–Crippen MR) is 66.0 cm³/mol. The normalized spacial score (nSPS) is 11.8. The fraction of sp³-hybridized carbons (Fsp3) is 0.182. The molecule has 0 bridgehead atoms. The maximum absolute atomic E-state index is 13.9. The minimum absolute atomic E-state index is 0.185. The number of benzene rings is 1. The fourth-order valence-electron chi connectivity index (χ4n) is 1.68. The molecule has 1 heterocycles. The summed E-state index contributed by atoms with van der Waals surface area (Å²) in [4.78, 5) is -0.271. The highest BCUT2D eigenvalue weighted by Gasteiger charge is 2.15. The molecule has 0 spiro atoms. The van der Waals surface area contributed by atoms with E-state index in [2.05, 4.69) is 5.10 Å². The molecule has 2 rings (SSSR count). The number of rotatable bonds is 2. The summed E-state index contributed by atoms with van der Waals surface area (Å²) in [6.45, 7) is 3.57. The largest absolute Gasteiger partial charge is 0.261 e. The molecular weight excluding hydrogens is 279 g/mol. The zero-order valence-corrected chi connectivity index (χ0v) is 11.3. The van der Waals surface area contributed by atoms with Crippen LogP contribution in [0.2, 0.25) is 0 Å². The van der Waals surface area contributed by atoms with E-state index < -0.39 is 14.9 Å². The van der Waals surface area contributed by atoms with Crippen LogP contribution in [0, 0.1) is 19.7 Å². The van der Waals surface area contributed by atoms with Crippen LogP contribution in [0.25, 0.3) is 5.69 Å². The van der Waals surface area contributed by atoms with E-state index in [1.165, 1.54) is 16.8 Å². The molecule has 0 saturated heterocycles. The number of hydrogen-bond acceptors (Lipinski definition) is 3. The van der Waals surface area contributed by atoms with Crippen molar-refractivity contribution in [3.05, 3.63) is 41.5 Å². The lowest BCUT2D eigenvalue weighted by Crippen LogP contribution is -2.03. The Morgan fingerprint density at radius 1 is 1.28 bits per heavy atom. The molecule has 0 aliphatic heterocycles. The lowest BCUT2D eigenvalue weighted by Gasteiger charge is -2.06. The standard InChI is InChI=1S/C11H10ClFN2O2S/c1-7-5-8(2)15(14-7)11-4-3-9(6-10(11)13)18(12,16)17/h3-6H,1-2H3. The van der Waals surface area contributed by atoms with E-state index in [1.54, 1.807) is 19.9 Å². The van der Waals surface area contributed by atoms with E-state index in [9.17, 15) is 12.8 Å². The van der Waals surface area contributed by atoms with E-state index in [0.29, 0.717) is 0 Å². The molecule has 0 amide bonds. The van der Waals surface area contributed by atoms with E-state index in [1.807, 2.05) is 0 Å². The lowest BCUT2D eigenvalue weighted by atomic mass is 10.3. The van der Waals surface area contributed by atoms with Gasteiger partial charge in [-0.2, -0.15) is 5.10 Å². The SMILES string of the molecule is Cc1cc(C)n(-c2ccc(S(=O)(=O)Cl)cc2F)n1. The van der Waals surface area contributed by atoms with Gasteiger partial charge in [0.15, 0.2) is 0 Å². The summed E-state index contributed by atoms with van der Waals surface area (Å²) in [5, 5.41) is 4.13. The Bertz CT molecular complexity index is 710. The number of nitrogens with zero attached hydrogens (tertiary/aromatic N) is 2. The van der Waals surface area contributed by atoms with Crippen LogP contribution in [-0.4, -0.2) is 18.2 Å². The first kappa shape index (κ1) is 13.0. The molecule has 4 nitrogen and oxygen atoms in total. The van der Waals surface area contributed by atoms with Gasteiger partial charge in [0.1, 0.15) is 11.5 Å². The zero-order valence-electron chi connectivity index (χ0n) is 9.68. The van der Waals surface area contributed by atoms with Gasteiger partial charge < -0.3 is 0 Å². The summed E-state index contributed by atoms with van der Waals surface area (Å²) in [7, 11) is 1.22. The van der Waals surface area contributed by atoms with Crippen LogP contribution in [0.3, 0.4) is 0 Å². The highest BCUT2D eigenvalue weighted by atomic mass is 35.7. The molecule has 0 saturated carbocycles. The highest BCUT2D eigenvalue weighted by Crippen LogP contribution is 2.21. The van der Waals surface area contributed by atoms with Gasteiger partial charge >= 0.3 is 0 Å². The average molecular weight is 289 g/mol. The first-order valence-electron chi connectivity index (χ1n) is 5.07. The Balaban J connectivity index is 2.58. The van der Waals surface area contributed by atoms with Gasteiger partial charge in [0.2, 0.25) is 0 Å². The van der Waals surface area contributed by atoms with E-state index in [0.717, 1.165) is 17.5 Å². The number of aryl methyl sites for hydroxylation is 2. The summed E-state index contributed by atoms with van der Waals surface area (Å²) in [6.07, 6.45) is 0. The van der Waals surface area contributed by atoms with Crippen molar-refractivity contribution in [2.45, 2.75) is 18.7 Å². The minimum atomic E-state index is -3.93. The van der Waals surface area contributed by atoms with Crippen LogP contribution in [0.15, 0.2) is 29.2 Å². The second kappa shape index (κ2) is 4.37. The summed E-state index contributed by atoms with van der Waals surface area (Å²) < 4.78 is 37.4. The van der Waals surface area contributed by atoms with Gasteiger partial charge in [-0.05, 0) is 38.1 Å². The Hall–Kier alpha value is -1.40. The molecular formula is C11H10ClFN2O2S. The third-order valence-electron chi connectivity index (χ3n) is 2.44. The molecule has 0 aliphatic carbocycles. The number of halogens is 2. The third-order valence-corrected chi connectivity index (χ3v) is 3.79. The minimum Gasteiger partial charge on any atom is -0.235 e. The maximum atomic E-state index is 13.9. The molecule has 0 aliphatic rings. The number of hydrogen-bond donors (Lipinski definition) is 0. The summed E-state index contributed by atoms with van der Waals surface area (Å²) in [5.74, 6) is -0.692. The summed E-state index contributed by atoms with van der Waals surface area (Å²) >= 11 is 0. The lowest BCUT2D eigenvalue weighted by molar-refractivity contribution is 0.594. The molecule has 7 heteroatoms. The predicted octanol–water partition coefficient (Wildman–Crippen LogP) is 2.56. The molecule has 1 aromatic carbocycles. The van der Waals surface area contributed by atoms with Gasteiger partial charge in [-0.1, -0.05) is 0 Å². The van der Waals surface area contributed by atoms with Gasteiger partial charge in [0.25, 0.3) is 9.05 Å². The van der Waals surface area contributed by atoms with Crippen molar-refractivity contribution in [3.63, 3.8) is 0 Å². The molecule has 2 aromatic rings. The van der Waals surface area contributed by atoms with Crippen LogP contribution in [0.5, 0.6) is 0 Å². The monoisotopic (exact) mass is 288 g/mol. The Kier molecular flexibility index (Phi) is 3.16. The van der Waals surface area contributed by atoms with E-state index in [4.69, 9.17) is 10.7 Å². The second-order valence-corrected chi connectivity index (χ2v) is 6.46. The fourth-order valence-corrected chi connectivity index (χ4v) is 2.45. The summed E-state index contributed by atoms with van der Waals surface area (Å²) in [6, 6.07) is 5.26. The van der Waals surface area contributed by atoms with E-state index in [-0.39, 0.29) is 10.6 Å². The zero-order chi connectivity index (χ0) is 13.5. The average Bonchev–Trinajstić information content (AvgIpc) is 2.56. The van der Waals surface area contributed by atoms with Gasteiger partial charge in [0, 0.05) is 16.4 Å². The van der Waals surface area contributed by atoms with Crippen molar-refractivity contribution in [2.75, 3.05) is 0 Å². The molecule has 0 N–H and O–H groups in total. The van der Waals surface area contributed by atoms with Crippen LogP contribution in [0.4, 0.5) is 4.39 Å². The highest BCUT2D eigenvalue weighted by molar-refractivity contribution is 8.13. The topological polar surface area (TPSA) is 52.0 Å². The Morgan fingerprint density at radius 2 is 1.94 bits per heavy atom. The van der Waals surface area contributed by atoms with Crippen molar-refractivity contribution in [3.8, 4) is 5.69 Å². The van der Waals surface area contributed by atoms with Crippen LogP contribution >= 0.6 is 10.7 Å². The van der Waals surface area contributed by atoms with E-state index >= 15 is 0 Å². The molecule has 0 radical (unpaired) electrons. The maximum Gasteiger partial charge on any atom is 0.261 e. The molecule has 1 aromatic heterocycles. The molecule has 0 unspecified atom stereocenters. The first-order chi connectivity index (χ1) is 8.29. The Labute approximate surface area is 108 Å². The van der Waals surface area contributed by atoms with Crippen LogP contribution in [-0.2, 0) is 9.05 Å².